The van der Waals surface area contributed by atoms with E-state index in [-0.39, 0.29) is 35.7 Å². The Bertz CT molecular complexity index is 759. The topological polar surface area (TPSA) is 101 Å². The van der Waals surface area contributed by atoms with Crippen LogP contribution >= 0.6 is 11.3 Å². The highest BCUT2D eigenvalue weighted by Gasteiger charge is 2.19. The second-order valence-corrected chi connectivity index (χ2v) is 6.77. The van der Waals surface area contributed by atoms with Crippen LogP contribution in [0.25, 0.3) is 0 Å². The lowest BCUT2D eigenvalue weighted by atomic mass is 10.0. The van der Waals surface area contributed by atoms with Crippen LogP contribution in [0, 0.1) is 16.0 Å². The summed E-state index contributed by atoms with van der Waals surface area (Å²) in [5, 5.41) is 18.1. The van der Waals surface area contributed by atoms with Crippen molar-refractivity contribution in [1.29, 1.82) is 0 Å². The van der Waals surface area contributed by atoms with Crippen LogP contribution in [0.2, 0.25) is 0 Å². The first kappa shape index (κ1) is 18.6. The van der Waals surface area contributed by atoms with E-state index in [1.165, 1.54) is 24.3 Å². The molecule has 0 aliphatic rings. The molecule has 1 aromatic carbocycles. The molecule has 0 unspecified atom stereocenters. The van der Waals surface area contributed by atoms with Crippen molar-refractivity contribution in [1.82, 2.24) is 10.6 Å². The van der Waals surface area contributed by atoms with Crippen LogP contribution in [0.5, 0.6) is 0 Å². The molecule has 0 bridgehead atoms. The van der Waals surface area contributed by atoms with Crippen molar-refractivity contribution in [3.63, 3.8) is 0 Å². The Morgan fingerprint density at radius 1 is 1.24 bits per heavy atom. The predicted octanol–water partition coefficient (Wildman–Crippen LogP) is 2.90. The monoisotopic (exact) mass is 361 g/mol. The molecule has 1 atom stereocenters. The van der Waals surface area contributed by atoms with Gasteiger partial charge in [0, 0.05) is 22.6 Å². The van der Waals surface area contributed by atoms with E-state index in [1.54, 1.807) is 11.3 Å². The van der Waals surface area contributed by atoms with E-state index in [2.05, 4.69) is 10.6 Å². The minimum Gasteiger partial charge on any atom is -0.347 e. The zero-order chi connectivity index (χ0) is 18.4. The van der Waals surface area contributed by atoms with Crippen molar-refractivity contribution in [3.05, 3.63) is 62.3 Å². The molecule has 0 radical (unpaired) electrons. The van der Waals surface area contributed by atoms with Gasteiger partial charge in [-0.15, -0.1) is 11.3 Å². The molecule has 1 aromatic heterocycles. The van der Waals surface area contributed by atoms with Crippen molar-refractivity contribution in [2.24, 2.45) is 5.92 Å². The van der Waals surface area contributed by atoms with Gasteiger partial charge in [0.25, 0.3) is 11.6 Å². The van der Waals surface area contributed by atoms with Crippen molar-refractivity contribution < 1.29 is 14.5 Å². The lowest BCUT2D eigenvalue weighted by Crippen LogP contribution is -2.39. The summed E-state index contributed by atoms with van der Waals surface area (Å²) in [4.78, 5) is 35.4. The van der Waals surface area contributed by atoms with E-state index in [1.807, 2.05) is 31.4 Å². The number of rotatable bonds is 7. The number of nitrogens with one attached hydrogen (secondary N) is 2. The third-order valence-corrected chi connectivity index (χ3v) is 4.52. The SMILES string of the molecule is CC(C)[C@@H](NC(=O)CNC(=O)c1cccc([N+](=O)[O-])c1)c1cccs1. The predicted molar refractivity (Wildman–Crippen MR) is 95.5 cm³/mol. The first-order valence-electron chi connectivity index (χ1n) is 7.74. The van der Waals surface area contributed by atoms with Crippen molar-refractivity contribution in [3.8, 4) is 0 Å². The fourth-order valence-corrected chi connectivity index (χ4v) is 3.23. The standard InChI is InChI=1S/C17H19N3O4S/c1-11(2)16(14-7-4-8-25-14)19-15(21)10-18-17(22)12-5-3-6-13(9-12)20(23)24/h3-9,11,16H,10H2,1-2H3,(H,18,22)(H,19,21)/t16-/m1/s1. The Kier molecular flexibility index (Phi) is 6.24. The normalized spacial score (nSPS) is 11.8. The quantitative estimate of drug-likeness (QED) is 0.585. The molecule has 0 aliphatic carbocycles. The second-order valence-electron chi connectivity index (χ2n) is 5.79. The van der Waals surface area contributed by atoms with Gasteiger partial charge in [0.2, 0.25) is 5.91 Å². The van der Waals surface area contributed by atoms with Crippen molar-refractivity contribution >= 4 is 28.8 Å². The summed E-state index contributed by atoms with van der Waals surface area (Å²) in [7, 11) is 0. The zero-order valence-corrected chi connectivity index (χ0v) is 14.7. The third-order valence-electron chi connectivity index (χ3n) is 3.56. The molecular formula is C17H19N3O4S. The lowest BCUT2D eigenvalue weighted by Gasteiger charge is -2.21. The van der Waals surface area contributed by atoms with Crippen LogP contribution in [-0.4, -0.2) is 23.3 Å². The number of thiophene rings is 1. The summed E-state index contributed by atoms with van der Waals surface area (Å²) in [5.74, 6) is -0.642. The summed E-state index contributed by atoms with van der Waals surface area (Å²) in [6.45, 7) is 3.81. The first-order valence-corrected chi connectivity index (χ1v) is 8.62. The minimum absolute atomic E-state index is 0.123. The number of hydrogen-bond acceptors (Lipinski definition) is 5. The van der Waals surface area contributed by atoms with Crippen LogP contribution in [0.3, 0.4) is 0 Å². The largest absolute Gasteiger partial charge is 0.347 e. The number of non-ortho nitro benzene ring substituents is 1. The van der Waals surface area contributed by atoms with E-state index < -0.39 is 10.8 Å². The number of carbonyl (C=O) groups is 2. The molecule has 25 heavy (non-hydrogen) atoms. The Balaban J connectivity index is 1.94. The molecule has 2 N–H and O–H groups in total. The molecule has 0 spiro atoms. The smallest absolute Gasteiger partial charge is 0.270 e. The Hall–Kier alpha value is -2.74. The van der Waals surface area contributed by atoms with Crippen molar-refractivity contribution in [2.75, 3.05) is 6.54 Å². The number of amides is 2. The van der Waals surface area contributed by atoms with E-state index in [9.17, 15) is 19.7 Å². The van der Waals surface area contributed by atoms with Gasteiger partial charge in [0.05, 0.1) is 17.5 Å². The summed E-state index contributed by atoms with van der Waals surface area (Å²) >= 11 is 1.56. The van der Waals surface area contributed by atoms with Crippen LogP contribution < -0.4 is 10.6 Å². The summed E-state index contributed by atoms with van der Waals surface area (Å²) in [6.07, 6.45) is 0. The molecule has 2 rings (SSSR count). The molecule has 0 fully saturated rings. The van der Waals surface area contributed by atoms with E-state index >= 15 is 0 Å². The highest BCUT2D eigenvalue weighted by Crippen LogP contribution is 2.25. The van der Waals surface area contributed by atoms with E-state index in [0.717, 1.165) is 4.88 Å². The number of carbonyl (C=O) groups excluding carboxylic acids is 2. The van der Waals surface area contributed by atoms with Gasteiger partial charge < -0.3 is 10.6 Å². The van der Waals surface area contributed by atoms with Gasteiger partial charge in [0.15, 0.2) is 0 Å². The summed E-state index contributed by atoms with van der Waals surface area (Å²) in [5.41, 5.74) is -0.0321. The summed E-state index contributed by atoms with van der Waals surface area (Å²) in [6, 6.07) is 9.13. The maximum Gasteiger partial charge on any atom is 0.270 e. The number of nitro benzene ring substituents is 1. The van der Waals surface area contributed by atoms with Crippen LogP contribution in [-0.2, 0) is 4.79 Å². The van der Waals surface area contributed by atoms with Crippen LogP contribution in [0.15, 0.2) is 41.8 Å². The molecule has 7 nitrogen and oxygen atoms in total. The van der Waals surface area contributed by atoms with Crippen LogP contribution in [0.1, 0.15) is 35.1 Å². The molecule has 0 saturated carbocycles. The van der Waals surface area contributed by atoms with Gasteiger partial charge in [-0.25, -0.2) is 0 Å². The van der Waals surface area contributed by atoms with Gasteiger partial charge in [-0.3, -0.25) is 19.7 Å². The molecule has 0 saturated heterocycles. The van der Waals surface area contributed by atoms with Gasteiger partial charge in [0.1, 0.15) is 0 Å². The van der Waals surface area contributed by atoms with Gasteiger partial charge in [-0.2, -0.15) is 0 Å². The average molecular weight is 361 g/mol. The highest BCUT2D eigenvalue weighted by molar-refractivity contribution is 7.10. The fourth-order valence-electron chi connectivity index (χ4n) is 2.28. The fraction of sp³-hybridized carbons (Fsp3) is 0.294. The summed E-state index contributed by atoms with van der Waals surface area (Å²) < 4.78 is 0. The molecule has 8 heteroatoms. The Morgan fingerprint density at radius 2 is 2.00 bits per heavy atom. The molecule has 2 aromatic rings. The molecule has 1 heterocycles. The van der Waals surface area contributed by atoms with Gasteiger partial charge in [-0.05, 0) is 23.4 Å². The molecule has 2 amide bonds. The first-order chi connectivity index (χ1) is 11.9. The minimum atomic E-state index is -0.572. The number of benzene rings is 1. The second kappa shape index (κ2) is 8.39. The maximum atomic E-state index is 12.1. The number of hydrogen-bond donors (Lipinski definition) is 2. The lowest BCUT2D eigenvalue weighted by molar-refractivity contribution is -0.384. The van der Waals surface area contributed by atoms with E-state index in [4.69, 9.17) is 0 Å². The van der Waals surface area contributed by atoms with Gasteiger partial charge >= 0.3 is 0 Å². The van der Waals surface area contributed by atoms with Crippen molar-refractivity contribution in [2.45, 2.75) is 19.9 Å². The molecular weight excluding hydrogens is 342 g/mol. The van der Waals surface area contributed by atoms with Crippen LogP contribution in [0.4, 0.5) is 5.69 Å². The Morgan fingerprint density at radius 3 is 2.60 bits per heavy atom. The average Bonchev–Trinajstić information content (AvgIpc) is 3.11. The Labute approximate surface area is 149 Å². The van der Waals surface area contributed by atoms with Gasteiger partial charge in [-0.1, -0.05) is 26.0 Å². The molecule has 132 valence electrons. The number of nitro groups is 1. The number of nitrogens with zero attached hydrogens (tertiary/aromatic N) is 1. The maximum absolute atomic E-state index is 12.1. The zero-order valence-electron chi connectivity index (χ0n) is 13.9. The third kappa shape index (κ3) is 5.12. The van der Waals surface area contributed by atoms with E-state index in [0.29, 0.717) is 0 Å². The molecule has 0 aliphatic heterocycles. The highest BCUT2D eigenvalue weighted by atomic mass is 32.1.